The number of carbonyl (C=O) groups excluding carboxylic acids is 3. The molecule has 4 aliphatic carbocycles. The van der Waals surface area contributed by atoms with Gasteiger partial charge in [-0.05, 0) is 69.3 Å². The molecule has 0 aromatic heterocycles. The fourth-order valence-electron chi connectivity index (χ4n) is 6.54. The van der Waals surface area contributed by atoms with E-state index in [2.05, 4.69) is 5.32 Å². The third-order valence-corrected chi connectivity index (χ3v) is 7.31. The highest BCUT2D eigenvalue weighted by Crippen LogP contribution is 2.55. The van der Waals surface area contributed by atoms with Crippen molar-refractivity contribution in [3.63, 3.8) is 0 Å². The normalized spacial score (nSPS) is 33.0. The van der Waals surface area contributed by atoms with E-state index in [1.807, 2.05) is 0 Å². The van der Waals surface area contributed by atoms with Gasteiger partial charge in [0.25, 0.3) is 17.5 Å². The van der Waals surface area contributed by atoms with E-state index in [0.717, 1.165) is 24.2 Å². The molecule has 1 N–H and O–H groups in total. The van der Waals surface area contributed by atoms with Crippen LogP contribution in [-0.4, -0.2) is 39.1 Å². The molecule has 4 saturated carbocycles. The van der Waals surface area contributed by atoms with Gasteiger partial charge in [0.05, 0.1) is 10.5 Å². The van der Waals surface area contributed by atoms with Crippen molar-refractivity contribution in [2.75, 3.05) is 0 Å². The minimum atomic E-state index is -1.02. The molecule has 1 atom stereocenters. The van der Waals surface area contributed by atoms with Crippen LogP contribution in [0, 0.1) is 27.9 Å². The van der Waals surface area contributed by atoms with E-state index < -0.39 is 28.5 Å². The van der Waals surface area contributed by atoms with E-state index in [0.29, 0.717) is 17.8 Å². The van der Waals surface area contributed by atoms with Crippen molar-refractivity contribution in [3.05, 3.63) is 39.4 Å². The Balaban J connectivity index is 1.38. The zero-order valence-electron chi connectivity index (χ0n) is 16.2. The van der Waals surface area contributed by atoms with Gasteiger partial charge in [-0.2, -0.15) is 0 Å². The summed E-state index contributed by atoms with van der Waals surface area (Å²) in [5.41, 5.74) is -0.877. The molecule has 1 unspecified atom stereocenters. The summed E-state index contributed by atoms with van der Waals surface area (Å²) < 4.78 is 0. The van der Waals surface area contributed by atoms with E-state index in [1.54, 1.807) is 0 Å². The Kier molecular flexibility index (Phi) is 3.85. The van der Waals surface area contributed by atoms with Gasteiger partial charge in [-0.1, -0.05) is 6.07 Å². The third kappa shape index (κ3) is 2.68. The van der Waals surface area contributed by atoms with E-state index in [9.17, 15) is 24.5 Å². The van der Waals surface area contributed by atoms with Crippen LogP contribution >= 0.6 is 0 Å². The maximum absolute atomic E-state index is 13.1. The molecule has 1 aliphatic heterocycles. The second kappa shape index (κ2) is 6.11. The standard InChI is InChI=1S/C21H23N3O5/c1-11(18(25)22-21-8-12-5-13(9-21)7-14(6-12)10-21)23-19(26)15-3-2-4-16(24(28)29)17(15)20(23)27/h2-4,11-14H,5-10H2,1H3,(H,22,25). The molecule has 0 saturated heterocycles. The van der Waals surface area contributed by atoms with Crippen LogP contribution < -0.4 is 5.32 Å². The minimum absolute atomic E-state index is 0.0151. The summed E-state index contributed by atoms with van der Waals surface area (Å²) in [5.74, 6) is 0.174. The molecule has 4 fully saturated rings. The van der Waals surface area contributed by atoms with Crippen LogP contribution in [0.15, 0.2) is 18.2 Å². The molecule has 8 heteroatoms. The summed E-state index contributed by atoms with van der Waals surface area (Å²) in [5, 5.41) is 14.5. The molecule has 4 bridgehead atoms. The van der Waals surface area contributed by atoms with E-state index in [1.165, 1.54) is 44.4 Å². The molecule has 6 rings (SSSR count). The summed E-state index contributed by atoms with van der Waals surface area (Å²) in [6.45, 7) is 1.52. The van der Waals surface area contributed by atoms with Crippen molar-refractivity contribution in [2.24, 2.45) is 17.8 Å². The lowest BCUT2D eigenvalue weighted by Gasteiger charge is -2.57. The number of amides is 3. The lowest BCUT2D eigenvalue weighted by atomic mass is 9.53. The molecule has 5 aliphatic rings. The van der Waals surface area contributed by atoms with E-state index >= 15 is 0 Å². The quantitative estimate of drug-likeness (QED) is 0.477. The minimum Gasteiger partial charge on any atom is -0.349 e. The fraction of sp³-hybridized carbons (Fsp3) is 0.571. The molecule has 3 amide bonds. The van der Waals surface area contributed by atoms with Crippen LogP contribution in [0.4, 0.5) is 5.69 Å². The number of rotatable bonds is 4. The summed E-state index contributed by atoms with van der Waals surface area (Å²) in [7, 11) is 0. The lowest BCUT2D eigenvalue weighted by Crippen LogP contribution is -2.62. The summed E-state index contributed by atoms with van der Waals surface area (Å²) in [6.07, 6.45) is 6.62. The van der Waals surface area contributed by atoms with Gasteiger partial charge in [-0.15, -0.1) is 0 Å². The van der Waals surface area contributed by atoms with E-state index in [4.69, 9.17) is 0 Å². The number of fused-ring (bicyclic) bond motifs is 1. The largest absolute Gasteiger partial charge is 0.349 e. The Morgan fingerprint density at radius 3 is 2.28 bits per heavy atom. The van der Waals surface area contributed by atoms with Gasteiger partial charge in [-0.3, -0.25) is 29.4 Å². The van der Waals surface area contributed by atoms with Crippen LogP contribution in [-0.2, 0) is 4.79 Å². The van der Waals surface area contributed by atoms with Crippen LogP contribution in [0.1, 0.15) is 66.2 Å². The van der Waals surface area contributed by atoms with Gasteiger partial charge in [0.15, 0.2) is 0 Å². The Hall–Kier alpha value is -2.77. The van der Waals surface area contributed by atoms with Crippen molar-refractivity contribution < 1.29 is 19.3 Å². The second-order valence-corrected chi connectivity index (χ2v) is 9.30. The number of imide groups is 1. The molecular formula is C21H23N3O5. The maximum Gasteiger partial charge on any atom is 0.282 e. The molecule has 1 aromatic carbocycles. The zero-order chi connectivity index (χ0) is 20.5. The van der Waals surface area contributed by atoms with Crippen LogP contribution in [0.5, 0.6) is 0 Å². The molecular weight excluding hydrogens is 374 g/mol. The van der Waals surface area contributed by atoms with Gasteiger partial charge in [0.2, 0.25) is 5.91 Å². The Morgan fingerprint density at radius 1 is 1.14 bits per heavy atom. The highest BCUT2D eigenvalue weighted by molar-refractivity contribution is 6.24. The highest BCUT2D eigenvalue weighted by Gasteiger charge is 2.53. The molecule has 29 heavy (non-hydrogen) atoms. The maximum atomic E-state index is 13.1. The first-order chi connectivity index (χ1) is 13.8. The number of benzene rings is 1. The van der Waals surface area contributed by atoms with Crippen molar-refractivity contribution in [1.82, 2.24) is 10.2 Å². The van der Waals surface area contributed by atoms with Gasteiger partial charge < -0.3 is 5.32 Å². The Bertz CT molecular complexity index is 920. The van der Waals surface area contributed by atoms with Crippen molar-refractivity contribution in [2.45, 2.75) is 57.0 Å². The first-order valence-corrected chi connectivity index (χ1v) is 10.3. The molecule has 1 heterocycles. The van der Waals surface area contributed by atoms with Crippen LogP contribution in [0.25, 0.3) is 0 Å². The Labute approximate surface area is 167 Å². The van der Waals surface area contributed by atoms with Crippen LogP contribution in [0.2, 0.25) is 0 Å². The summed E-state index contributed by atoms with van der Waals surface area (Å²) in [6, 6.07) is 2.96. The molecule has 0 spiro atoms. The number of nitrogens with one attached hydrogen (secondary N) is 1. The second-order valence-electron chi connectivity index (χ2n) is 9.30. The first kappa shape index (κ1) is 18.3. The van der Waals surface area contributed by atoms with Crippen molar-refractivity contribution in [3.8, 4) is 0 Å². The molecule has 0 radical (unpaired) electrons. The number of nitrogens with zero attached hydrogens (tertiary/aromatic N) is 2. The number of carbonyl (C=O) groups is 3. The monoisotopic (exact) mass is 397 g/mol. The lowest BCUT2D eigenvalue weighted by molar-refractivity contribution is -0.385. The van der Waals surface area contributed by atoms with Crippen LogP contribution in [0.3, 0.4) is 0 Å². The topological polar surface area (TPSA) is 110 Å². The Morgan fingerprint density at radius 2 is 1.72 bits per heavy atom. The molecule has 8 nitrogen and oxygen atoms in total. The number of hydrogen-bond donors (Lipinski definition) is 1. The highest BCUT2D eigenvalue weighted by atomic mass is 16.6. The van der Waals surface area contributed by atoms with Crippen molar-refractivity contribution >= 4 is 23.4 Å². The fourth-order valence-corrected chi connectivity index (χ4v) is 6.54. The summed E-state index contributed by atoms with van der Waals surface area (Å²) in [4.78, 5) is 50.2. The average Bonchev–Trinajstić information content (AvgIpc) is 2.90. The molecule has 1 aromatic rings. The smallest absolute Gasteiger partial charge is 0.282 e. The predicted octanol–water partition coefficient (Wildman–Crippen LogP) is 2.66. The van der Waals surface area contributed by atoms with Gasteiger partial charge in [0, 0.05) is 11.6 Å². The molecule has 152 valence electrons. The summed E-state index contributed by atoms with van der Waals surface area (Å²) >= 11 is 0. The van der Waals surface area contributed by atoms with Gasteiger partial charge >= 0.3 is 0 Å². The number of nitro benzene ring substituents is 1. The first-order valence-electron chi connectivity index (χ1n) is 10.3. The van der Waals surface area contributed by atoms with E-state index in [-0.39, 0.29) is 22.6 Å². The third-order valence-electron chi connectivity index (χ3n) is 7.31. The van der Waals surface area contributed by atoms with Gasteiger partial charge in [-0.25, -0.2) is 0 Å². The average molecular weight is 397 g/mol. The number of hydrogen-bond acceptors (Lipinski definition) is 5. The van der Waals surface area contributed by atoms with Gasteiger partial charge in [0.1, 0.15) is 11.6 Å². The zero-order valence-corrected chi connectivity index (χ0v) is 16.2. The SMILES string of the molecule is CC(C(=O)NC12CC3CC(CC(C3)C1)C2)N1C(=O)c2cccc([N+](=O)[O-])c2C1=O. The van der Waals surface area contributed by atoms with Crippen molar-refractivity contribution in [1.29, 1.82) is 0 Å². The predicted molar refractivity (Wildman–Crippen MR) is 102 cm³/mol. The number of nitro groups is 1.